The maximum Gasteiger partial charge on any atom is 0.416 e. The second kappa shape index (κ2) is 4.86. The van der Waals surface area contributed by atoms with E-state index < -0.39 is 11.7 Å². The van der Waals surface area contributed by atoms with Gasteiger partial charge >= 0.3 is 6.18 Å². The normalized spacial score (nSPS) is 17.1. The monoisotopic (exact) mass is 276 g/mol. The summed E-state index contributed by atoms with van der Waals surface area (Å²) in [7, 11) is 0. The van der Waals surface area contributed by atoms with Crippen molar-refractivity contribution < 1.29 is 18.3 Å². The number of nitrogens with two attached hydrogens (primary N) is 1. The van der Waals surface area contributed by atoms with Crippen molar-refractivity contribution in [1.82, 2.24) is 4.98 Å². The molecule has 0 radical (unpaired) electrons. The fourth-order valence-corrected chi connectivity index (χ4v) is 1.70. The number of alkyl halides is 3. The molecule has 1 aliphatic carbocycles. The van der Waals surface area contributed by atoms with E-state index in [0.29, 0.717) is 6.54 Å². The van der Waals surface area contributed by atoms with Crippen LogP contribution in [0.15, 0.2) is 12.1 Å². The van der Waals surface area contributed by atoms with Crippen LogP contribution in [0.4, 0.5) is 24.8 Å². The number of aliphatic hydroxyl groups is 1. The van der Waals surface area contributed by atoms with E-state index in [1.807, 2.05) is 0 Å². The van der Waals surface area contributed by atoms with Crippen molar-refractivity contribution in [2.75, 3.05) is 23.9 Å². The molecule has 0 amide bonds. The van der Waals surface area contributed by atoms with Crippen LogP contribution in [0, 0.1) is 5.41 Å². The van der Waals surface area contributed by atoms with Crippen molar-refractivity contribution in [2.24, 2.45) is 11.3 Å². The minimum atomic E-state index is -4.46. The van der Waals surface area contributed by atoms with Gasteiger partial charge in [0.05, 0.1) is 12.2 Å². The molecule has 1 aromatic rings. The number of halogens is 3. The average Bonchev–Trinajstić information content (AvgIpc) is 3.15. The van der Waals surface area contributed by atoms with E-state index in [2.05, 4.69) is 15.7 Å². The Hall–Kier alpha value is -1.54. The van der Waals surface area contributed by atoms with E-state index in [1.165, 1.54) is 0 Å². The Kier molecular flexibility index (Phi) is 3.55. The van der Waals surface area contributed by atoms with Crippen LogP contribution in [-0.4, -0.2) is 23.2 Å². The highest BCUT2D eigenvalue weighted by Crippen LogP contribution is 2.45. The standard InChI is InChI=1S/C11H15F3N4O/c12-11(13,14)7-3-8(17-9(4-7)18-15)16-5-10(6-19)1-2-10/h3-4,19H,1-2,5-6,15H2,(H2,16,17,18). The summed E-state index contributed by atoms with van der Waals surface area (Å²) in [6, 6.07) is 1.76. The lowest BCUT2D eigenvalue weighted by atomic mass is 10.1. The number of aromatic nitrogens is 1. The number of nitrogens with one attached hydrogen (secondary N) is 2. The Morgan fingerprint density at radius 2 is 1.95 bits per heavy atom. The summed E-state index contributed by atoms with van der Waals surface area (Å²) in [4.78, 5) is 3.90. The third-order valence-electron chi connectivity index (χ3n) is 3.24. The molecule has 19 heavy (non-hydrogen) atoms. The maximum absolute atomic E-state index is 12.7. The third-order valence-corrected chi connectivity index (χ3v) is 3.24. The van der Waals surface area contributed by atoms with Crippen LogP contribution in [0.25, 0.3) is 0 Å². The van der Waals surface area contributed by atoms with Gasteiger partial charge in [0.2, 0.25) is 0 Å². The largest absolute Gasteiger partial charge is 0.416 e. The first-order chi connectivity index (χ1) is 8.88. The van der Waals surface area contributed by atoms with Gasteiger partial charge in [0.25, 0.3) is 0 Å². The number of nitrogens with zero attached hydrogens (tertiary/aromatic N) is 1. The molecule has 1 aliphatic rings. The predicted octanol–water partition coefficient (Wildman–Crippen LogP) is 1.57. The van der Waals surface area contributed by atoms with Crippen LogP contribution < -0.4 is 16.6 Å². The topological polar surface area (TPSA) is 83.2 Å². The van der Waals surface area contributed by atoms with Crippen molar-refractivity contribution in [3.05, 3.63) is 17.7 Å². The lowest BCUT2D eigenvalue weighted by molar-refractivity contribution is -0.137. The quantitative estimate of drug-likeness (QED) is 0.485. The number of hydrogen-bond donors (Lipinski definition) is 4. The van der Waals surface area contributed by atoms with Gasteiger partial charge in [-0.15, -0.1) is 0 Å². The summed E-state index contributed by atoms with van der Waals surface area (Å²) in [6.45, 7) is 0.406. The maximum atomic E-state index is 12.7. The molecular formula is C11H15F3N4O. The van der Waals surface area contributed by atoms with Gasteiger partial charge in [0.15, 0.2) is 0 Å². The number of aliphatic hydroxyl groups excluding tert-OH is 1. The summed E-state index contributed by atoms with van der Waals surface area (Å²) in [5.74, 6) is 5.13. The zero-order valence-electron chi connectivity index (χ0n) is 10.1. The van der Waals surface area contributed by atoms with Gasteiger partial charge in [-0.1, -0.05) is 0 Å². The van der Waals surface area contributed by atoms with Crippen LogP contribution in [0.3, 0.4) is 0 Å². The molecule has 1 aromatic heterocycles. The summed E-state index contributed by atoms with van der Waals surface area (Å²) in [6.07, 6.45) is -2.74. The van der Waals surface area contributed by atoms with Gasteiger partial charge in [-0.2, -0.15) is 13.2 Å². The molecule has 0 atom stereocenters. The molecule has 0 saturated heterocycles. The van der Waals surface area contributed by atoms with Crippen LogP contribution >= 0.6 is 0 Å². The van der Waals surface area contributed by atoms with Gasteiger partial charge < -0.3 is 15.8 Å². The average molecular weight is 276 g/mol. The summed E-state index contributed by atoms with van der Waals surface area (Å²) >= 11 is 0. The first kappa shape index (κ1) is 13.9. The van der Waals surface area contributed by atoms with Gasteiger partial charge in [0, 0.05) is 12.0 Å². The third kappa shape index (κ3) is 3.27. The van der Waals surface area contributed by atoms with E-state index in [1.54, 1.807) is 0 Å². The first-order valence-electron chi connectivity index (χ1n) is 5.79. The number of hydrazine groups is 1. The van der Waals surface area contributed by atoms with E-state index in [4.69, 9.17) is 10.9 Å². The second-order valence-corrected chi connectivity index (χ2v) is 4.78. The van der Waals surface area contributed by atoms with E-state index in [9.17, 15) is 13.2 Å². The Balaban J connectivity index is 2.15. The number of hydrogen-bond acceptors (Lipinski definition) is 5. The Bertz CT molecular complexity index is 460. The summed E-state index contributed by atoms with van der Waals surface area (Å²) in [5, 5.41) is 12.0. The molecule has 8 heteroatoms. The minimum Gasteiger partial charge on any atom is -0.396 e. The molecular weight excluding hydrogens is 261 g/mol. The number of nitrogen functional groups attached to an aromatic ring is 1. The highest BCUT2D eigenvalue weighted by Gasteiger charge is 2.42. The van der Waals surface area contributed by atoms with E-state index in [-0.39, 0.29) is 23.7 Å². The smallest absolute Gasteiger partial charge is 0.396 e. The Morgan fingerprint density at radius 3 is 2.42 bits per heavy atom. The zero-order chi connectivity index (χ0) is 14.1. The Morgan fingerprint density at radius 1 is 1.32 bits per heavy atom. The van der Waals surface area contributed by atoms with Gasteiger partial charge in [-0.25, -0.2) is 10.8 Å². The summed E-state index contributed by atoms with van der Waals surface area (Å²) in [5.41, 5.74) is 1.06. The van der Waals surface area contributed by atoms with Crippen LogP contribution in [0.1, 0.15) is 18.4 Å². The number of anilines is 2. The lowest BCUT2D eigenvalue weighted by Gasteiger charge is -2.15. The molecule has 0 unspecified atom stereocenters. The van der Waals surface area contributed by atoms with Gasteiger partial charge in [-0.05, 0) is 25.0 Å². The molecule has 1 saturated carbocycles. The lowest BCUT2D eigenvalue weighted by Crippen LogP contribution is -2.20. The SMILES string of the molecule is NNc1cc(C(F)(F)F)cc(NCC2(CO)CC2)n1. The predicted molar refractivity (Wildman–Crippen MR) is 64.3 cm³/mol. The van der Waals surface area contributed by atoms with Crippen molar-refractivity contribution >= 4 is 11.6 Å². The molecule has 5 N–H and O–H groups in total. The fourth-order valence-electron chi connectivity index (χ4n) is 1.70. The minimum absolute atomic E-state index is 0.0148. The first-order valence-corrected chi connectivity index (χ1v) is 5.79. The summed E-state index contributed by atoms with van der Waals surface area (Å²) < 4.78 is 38.0. The van der Waals surface area contributed by atoms with Gasteiger partial charge in [0.1, 0.15) is 11.6 Å². The number of rotatable bonds is 5. The molecule has 0 spiro atoms. The molecule has 0 aliphatic heterocycles. The van der Waals surface area contributed by atoms with Crippen LogP contribution in [0.5, 0.6) is 0 Å². The van der Waals surface area contributed by atoms with Crippen molar-refractivity contribution in [2.45, 2.75) is 19.0 Å². The molecule has 0 aromatic carbocycles. The molecule has 1 fully saturated rings. The fraction of sp³-hybridized carbons (Fsp3) is 0.545. The Labute approximate surface area is 108 Å². The molecule has 1 heterocycles. The molecule has 2 rings (SSSR count). The zero-order valence-corrected chi connectivity index (χ0v) is 10.1. The highest BCUT2D eigenvalue weighted by molar-refractivity contribution is 5.49. The number of pyridine rings is 1. The van der Waals surface area contributed by atoms with Crippen molar-refractivity contribution in [3.8, 4) is 0 Å². The second-order valence-electron chi connectivity index (χ2n) is 4.78. The molecule has 5 nitrogen and oxygen atoms in total. The van der Waals surface area contributed by atoms with E-state index >= 15 is 0 Å². The van der Waals surface area contributed by atoms with Crippen molar-refractivity contribution in [3.63, 3.8) is 0 Å². The van der Waals surface area contributed by atoms with Crippen LogP contribution in [-0.2, 0) is 6.18 Å². The molecule has 0 bridgehead atoms. The van der Waals surface area contributed by atoms with Gasteiger partial charge in [-0.3, -0.25) is 0 Å². The molecule has 106 valence electrons. The van der Waals surface area contributed by atoms with Crippen LogP contribution in [0.2, 0.25) is 0 Å². The highest BCUT2D eigenvalue weighted by atomic mass is 19.4. The van der Waals surface area contributed by atoms with Crippen molar-refractivity contribution in [1.29, 1.82) is 0 Å². The van der Waals surface area contributed by atoms with E-state index in [0.717, 1.165) is 25.0 Å².